The second-order valence-electron chi connectivity index (χ2n) is 5.46. The third-order valence-corrected chi connectivity index (χ3v) is 5.30. The van der Waals surface area contributed by atoms with Gasteiger partial charge in [-0.15, -0.1) is 0 Å². The molecule has 1 saturated heterocycles. The molecule has 28 heavy (non-hydrogen) atoms. The molecule has 0 unspecified atom stereocenters. The Morgan fingerprint density at radius 1 is 0.893 bits per heavy atom. The van der Waals surface area contributed by atoms with Crippen molar-refractivity contribution in [3.8, 4) is 5.75 Å². The van der Waals surface area contributed by atoms with Crippen LogP contribution >= 0.6 is 23.2 Å². The monoisotopic (exact) mass is 440 g/mol. The smallest absolute Gasteiger partial charge is 0.339 e. The maximum absolute atomic E-state index is 12.3. The van der Waals surface area contributed by atoms with E-state index in [9.17, 15) is 22.8 Å². The number of imide groups is 2. The molecule has 0 saturated carbocycles. The Balaban J connectivity index is 1.94. The summed E-state index contributed by atoms with van der Waals surface area (Å²) in [5.74, 6) is -2.09. The van der Waals surface area contributed by atoms with Crippen LogP contribution in [0.15, 0.2) is 52.9 Å². The third-order valence-electron chi connectivity index (χ3n) is 3.50. The Labute approximate surface area is 169 Å². The summed E-state index contributed by atoms with van der Waals surface area (Å²) in [4.78, 5) is 34.5. The highest BCUT2D eigenvalue weighted by Crippen LogP contribution is 2.36. The van der Waals surface area contributed by atoms with Crippen LogP contribution in [0.25, 0.3) is 6.08 Å². The van der Waals surface area contributed by atoms with Gasteiger partial charge >= 0.3 is 16.1 Å². The van der Waals surface area contributed by atoms with E-state index >= 15 is 0 Å². The zero-order chi connectivity index (χ0) is 20.5. The summed E-state index contributed by atoms with van der Waals surface area (Å²) in [6.07, 6.45) is 1.14. The maximum Gasteiger partial charge on any atom is 0.339 e. The van der Waals surface area contributed by atoms with E-state index in [1.165, 1.54) is 36.4 Å². The van der Waals surface area contributed by atoms with Gasteiger partial charge in [-0.1, -0.05) is 41.4 Å². The average molecular weight is 441 g/mol. The maximum atomic E-state index is 12.3. The average Bonchev–Trinajstić information content (AvgIpc) is 2.62. The molecule has 3 rings (SSSR count). The first-order valence-corrected chi connectivity index (χ1v) is 9.71. The van der Waals surface area contributed by atoms with E-state index in [4.69, 9.17) is 27.4 Å². The van der Waals surface area contributed by atoms with Crippen molar-refractivity contribution in [3.63, 3.8) is 0 Å². The minimum atomic E-state index is -4.17. The van der Waals surface area contributed by atoms with Gasteiger partial charge in [0.05, 0.1) is 10.0 Å². The number of halogens is 2. The van der Waals surface area contributed by atoms with E-state index in [0.29, 0.717) is 0 Å². The predicted octanol–water partition coefficient (Wildman–Crippen LogP) is 2.51. The highest BCUT2D eigenvalue weighted by molar-refractivity contribution is 7.87. The van der Waals surface area contributed by atoms with Crippen LogP contribution in [0.2, 0.25) is 10.0 Å². The number of hydrogen-bond acceptors (Lipinski definition) is 6. The van der Waals surface area contributed by atoms with Crippen molar-refractivity contribution >= 4 is 57.2 Å². The molecule has 0 spiro atoms. The van der Waals surface area contributed by atoms with Gasteiger partial charge in [-0.05, 0) is 35.9 Å². The van der Waals surface area contributed by atoms with E-state index in [1.807, 2.05) is 10.6 Å². The minimum absolute atomic E-state index is 0.0893. The number of rotatable bonds is 4. The van der Waals surface area contributed by atoms with Crippen LogP contribution in [0.4, 0.5) is 4.79 Å². The van der Waals surface area contributed by atoms with Crippen LogP contribution in [0, 0.1) is 0 Å². The fourth-order valence-electron chi connectivity index (χ4n) is 2.26. The predicted molar refractivity (Wildman–Crippen MR) is 100 cm³/mol. The number of urea groups is 1. The lowest BCUT2D eigenvalue weighted by Gasteiger charge is -2.14. The summed E-state index contributed by atoms with van der Waals surface area (Å²) >= 11 is 12.2. The molecule has 11 heteroatoms. The molecular weight excluding hydrogens is 431 g/mol. The van der Waals surface area contributed by atoms with Crippen molar-refractivity contribution in [1.29, 1.82) is 0 Å². The molecular formula is C17H10Cl2N2O6S. The molecule has 2 aromatic rings. The summed E-state index contributed by atoms with van der Waals surface area (Å²) < 4.78 is 29.7. The van der Waals surface area contributed by atoms with E-state index in [2.05, 4.69) is 0 Å². The summed E-state index contributed by atoms with van der Waals surface area (Å²) in [7, 11) is -4.17. The van der Waals surface area contributed by atoms with Crippen LogP contribution < -0.4 is 14.8 Å². The molecule has 1 fully saturated rings. The first kappa shape index (κ1) is 19.9. The van der Waals surface area contributed by atoms with Gasteiger partial charge in [0.1, 0.15) is 10.5 Å². The first-order valence-electron chi connectivity index (χ1n) is 7.54. The van der Waals surface area contributed by atoms with Crippen molar-refractivity contribution in [3.05, 3.63) is 63.6 Å². The van der Waals surface area contributed by atoms with Crippen molar-refractivity contribution in [1.82, 2.24) is 10.6 Å². The molecule has 4 amide bonds. The fourth-order valence-corrected chi connectivity index (χ4v) is 3.92. The molecule has 2 aromatic carbocycles. The van der Waals surface area contributed by atoms with E-state index in [0.717, 1.165) is 6.08 Å². The largest absolute Gasteiger partial charge is 0.376 e. The van der Waals surface area contributed by atoms with E-state index < -0.39 is 28.0 Å². The molecule has 0 bridgehead atoms. The Hall–Kier alpha value is -2.88. The lowest BCUT2D eigenvalue weighted by atomic mass is 10.1. The van der Waals surface area contributed by atoms with Crippen LogP contribution in [-0.4, -0.2) is 26.3 Å². The standard InChI is InChI=1S/C17H10Cl2N2O6S/c18-12-7-9(6-11-15(22)20-17(24)21-16(11)23)8-13(19)14(12)27-28(25,26)10-4-2-1-3-5-10/h1-8H,(H2,20,21,22,23,24). The number of barbiturate groups is 1. The summed E-state index contributed by atoms with van der Waals surface area (Å²) in [6.45, 7) is 0. The topological polar surface area (TPSA) is 119 Å². The second kappa shape index (κ2) is 7.63. The van der Waals surface area contributed by atoms with E-state index in [-0.39, 0.29) is 31.8 Å². The molecule has 144 valence electrons. The summed E-state index contributed by atoms with van der Waals surface area (Å²) in [5, 5.41) is 3.52. The van der Waals surface area contributed by atoms with Crippen LogP contribution in [0.3, 0.4) is 0 Å². The molecule has 0 radical (unpaired) electrons. The normalized spacial score (nSPS) is 14.4. The van der Waals surface area contributed by atoms with E-state index in [1.54, 1.807) is 6.07 Å². The van der Waals surface area contributed by atoms with Crippen LogP contribution in [0.1, 0.15) is 5.56 Å². The second-order valence-corrected chi connectivity index (χ2v) is 7.82. The summed E-state index contributed by atoms with van der Waals surface area (Å²) in [5.41, 5.74) is -0.133. The Kier molecular flexibility index (Phi) is 5.41. The van der Waals surface area contributed by atoms with Gasteiger partial charge in [0.25, 0.3) is 11.8 Å². The molecule has 0 aromatic heterocycles. The highest BCUT2D eigenvalue weighted by atomic mass is 35.5. The Morgan fingerprint density at radius 3 is 1.96 bits per heavy atom. The number of nitrogens with one attached hydrogen (secondary N) is 2. The molecule has 1 heterocycles. The Morgan fingerprint density at radius 2 is 1.43 bits per heavy atom. The Bertz CT molecular complexity index is 1080. The van der Waals surface area contributed by atoms with Crippen molar-refractivity contribution < 1.29 is 27.0 Å². The minimum Gasteiger partial charge on any atom is -0.376 e. The molecule has 0 atom stereocenters. The van der Waals surface area contributed by atoms with Crippen LogP contribution in [-0.2, 0) is 19.7 Å². The SMILES string of the molecule is O=C1NC(=O)C(=Cc2cc(Cl)c(OS(=O)(=O)c3ccccc3)c(Cl)c2)C(=O)N1. The van der Waals surface area contributed by atoms with Crippen molar-refractivity contribution in [2.45, 2.75) is 4.90 Å². The lowest BCUT2D eigenvalue weighted by Crippen LogP contribution is -2.51. The number of benzene rings is 2. The zero-order valence-corrected chi connectivity index (χ0v) is 16.1. The van der Waals surface area contributed by atoms with Crippen molar-refractivity contribution in [2.75, 3.05) is 0 Å². The van der Waals surface area contributed by atoms with Gasteiger partial charge < -0.3 is 4.18 Å². The quantitative estimate of drug-likeness (QED) is 0.428. The molecule has 2 N–H and O–H groups in total. The lowest BCUT2D eigenvalue weighted by molar-refractivity contribution is -0.123. The van der Waals surface area contributed by atoms with Gasteiger partial charge in [0, 0.05) is 0 Å². The van der Waals surface area contributed by atoms with Gasteiger partial charge in [-0.2, -0.15) is 8.42 Å². The number of carbonyl (C=O) groups is 3. The first-order chi connectivity index (χ1) is 13.2. The zero-order valence-electron chi connectivity index (χ0n) is 13.7. The van der Waals surface area contributed by atoms with Gasteiger partial charge in [-0.25, -0.2) is 4.79 Å². The number of carbonyl (C=O) groups excluding carboxylic acids is 3. The van der Waals surface area contributed by atoms with Crippen molar-refractivity contribution in [2.24, 2.45) is 0 Å². The van der Waals surface area contributed by atoms with Crippen LogP contribution in [0.5, 0.6) is 5.75 Å². The number of hydrogen-bond donors (Lipinski definition) is 2. The number of amides is 4. The molecule has 8 nitrogen and oxygen atoms in total. The van der Waals surface area contributed by atoms with Gasteiger partial charge in [-0.3, -0.25) is 20.2 Å². The molecule has 1 aliphatic heterocycles. The summed E-state index contributed by atoms with van der Waals surface area (Å²) in [6, 6.07) is 8.97. The molecule has 1 aliphatic rings. The van der Waals surface area contributed by atoms with Gasteiger partial charge in [0.2, 0.25) is 0 Å². The fraction of sp³-hybridized carbons (Fsp3) is 0. The third kappa shape index (κ3) is 4.16. The van der Waals surface area contributed by atoms with Gasteiger partial charge in [0.15, 0.2) is 5.75 Å². The highest BCUT2D eigenvalue weighted by Gasteiger charge is 2.28. The molecule has 0 aliphatic carbocycles.